The average molecular weight is 271 g/mol. The number of nitrogens with two attached hydrogens (primary N) is 1. The summed E-state index contributed by atoms with van der Waals surface area (Å²) in [5.41, 5.74) is 3.98. The molecule has 3 N–H and O–H groups in total. The second-order valence-corrected chi connectivity index (χ2v) is 4.75. The van der Waals surface area contributed by atoms with Gasteiger partial charge in [-0.15, -0.1) is 0 Å². The zero-order chi connectivity index (χ0) is 13.8. The quantitative estimate of drug-likeness (QED) is 0.648. The average Bonchev–Trinajstić information content (AvgIpc) is 2.53. The molecule has 2 atom stereocenters. The molecule has 1 aromatic carbocycles. The minimum Gasteiger partial charge on any atom is -0.486 e. The van der Waals surface area contributed by atoms with Crippen LogP contribution in [0.25, 0.3) is 0 Å². The Labute approximate surface area is 117 Å². The molecule has 0 radical (unpaired) electrons. The van der Waals surface area contributed by atoms with E-state index >= 15 is 0 Å². The van der Waals surface area contributed by atoms with Crippen molar-refractivity contribution in [2.24, 2.45) is 5.84 Å². The van der Waals surface area contributed by atoms with E-state index in [1.165, 1.54) is 0 Å². The van der Waals surface area contributed by atoms with Crippen LogP contribution in [0.4, 0.5) is 0 Å². The Kier molecular flexibility index (Phi) is 3.80. The van der Waals surface area contributed by atoms with Crippen molar-refractivity contribution < 1.29 is 9.47 Å². The topological polar surface area (TPSA) is 69.4 Å². The number of fused-ring (bicyclic) bond motifs is 1. The summed E-state index contributed by atoms with van der Waals surface area (Å²) in [5, 5.41) is 0. The Morgan fingerprint density at radius 3 is 2.70 bits per heavy atom. The summed E-state index contributed by atoms with van der Waals surface area (Å²) in [6.45, 7) is 0.483. The van der Waals surface area contributed by atoms with Crippen LogP contribution in [-0.2, 0) is 6.42 Å². The zero-order valence-corrected chi connectivity index (χ0v) is 11.0. The number of nitrogens with one attached hydrogen (secondary N) is 1. The molecule has 0 bridgehead atoms. The van der Waals surface area contributed by atoms with Crippen LogP contribution in [0.3, 0.4) is 0 Å². The maximum atomic E-state index is 5.97. The molecule has 5 nitrogen and oxygen atoms in total. The first-order valence-corrected chi connectivity index (χ1v) is 6.60. The van der Waals surface area contributed by atoms with Crippen LogP contribution in [0.15, 0.2) is 48.8 Å². The third kappa shape index (κ3) is 2.74. The number of nitrogens with zero attached hydrogens (tertiary/aromatic N) is 1. The highest BCUT2D eigenvalue weighted by molar-refractivity contribution is 5.40. The number of para-hydroxylation sites is 2. The van der Waals surface area contributed by atoms with Gasteiger partial charge in [0.25, 0.3) is 0 Å². The van der Waals surface area contributed by atoms with Gasteiger partial charge in [-0.2, -0.15) is 0 Å². The van der Waals surface area contributed by atoms with Gasteiger partial charge in [0.1, 0.15) is 12.7 Å². The molecular formula is C15H17N3O2. The van der Waals surface area contributed by atoms with Crippen LogP contribution in [0.1, 0.15) is 5.56 Å². The highest BCUT2D eigenvalue weighted by atomic mass is 16.6. The van der Waals surface area contributed by atoms with Gasteiger partial charge in [-0.05, 0) is 36.2 Å². The van der Waals surface area contributed by atoms with Gasteiger partial charge in [0, 0.05) is 12.4 Å². The van der Waals surface area contributed by atoms with Crippen molar-refractivity contribution in [3.05, 3.63) is 54.4 Å². The fourth-order valence-electron chi connectivity index (χ4n) is 2.30. The molecule has 2 aromatic rings. The third-order valence-corrected chi connectivity index (χ3v) is 3.40. The summed E-state index contributed by atoms with van der Waals surface area (Å²) < 4.78 is 11.7. The molecule has 1 aromatic heterocycles. The molecule has 0 amide bonds. The van der Waals surface area contributed by atoms with E-state index in [0.29, 0.717) is 6.61 Å². The lowest BCUT2D eigenvalue weighted by molar-refractivity contribution is 0.0619. The van der Waals surface area contributed by atoms with Crippen LogP contribution >= 0.6 is 0 Å². The lowest BCUT2D eigenvalue weighted by atomic mass is 10.0. The normalized spacial score (nSPS) is 18.6. The van der Waals surface area contributed by atoms with E-state index in [1.54, 1.807) is 12.4 Å². The minimum atomic E-state index is -0.122. The summed E-state index contributed by atoms with van der Waals surface area (Å²) in [6.07, 6.45) is 4.19. The molecule has 20 heavy (non-hydrogen) atoms. The van der Waals surface area contributed by atoms with Gasteiger partial charge in [0.05, 0.1) is 6.04 Å². The third-order valence-electron chi connectivity index (χ3n) is 3.40. The molecule has 1 aliphatic heterocycles. The second-order valence-electron chi connectivity index (χ2n) is 4.75. The lowest BCUT2D eigenvalue weighted by Gasteiger charge is -2.31. The van der Waals surface area contributed by atoms with E-state index in [-0.39, 0.29) is 12.1 Å². The molecule has 0 saturated heterocycles. The Hall–Kier alpha value is -2.11. The van der Waals surface area contributed by atoms with Crippen molar-refractivity contribution in [2.75, 3.05) is 6.61 Å². The van der Waals surface area contributed by atoms with Crippen LogP contribution in [-0.4, -0.2) is 23.7 Å². The first kappa shape index (κ1) is 12.9. The number of rotatable bonds is 4. The number of aromatic nitrogens is 1. The Bertz CT molecular complexity index is 562. The van der Waals surface area contributed by atoms with Crippen LogP contribution < -0.4 is 20.7 Å². The summed E-state index contributed by atoms with van der Waals surface area (Å²) in [5.74, 6) is 7.21. The second kappa shape index (κ2) is 5.90. The highest BCUT2D eigenvalue weighted by Crippen LogP contribution is 2.31. The Morgan fingerprint density at radius 2 is 1.95 bits per heavy atom. The van der Waals surface area contributed by atoms with Gasteiger partial charge >= 0.3 is 0 Å². The monoisotopic (exact) mass is 271 g/mol. The maximum Gasteiger partial charge on any atom is 0.161 e. The Balaban J connectivity index is 1.72. The molecule has 3 rings (SSSR count). The van der Waals surface area contributed by atoms with Crippen LogP contribution in [0, 0.1) is 0 Å². The number of pyridine rings is 1. The van der Waals surface area contributed by atoms with Gasteiger partial charge in [-0.3, -0.25) is 16.3 Å². The molecule has 0 saturated carbocycles. The number of benzene rings is 1. The SMILES string of the molecule is NNC(Cc1ccncc1)C1COc2ccccc2O1. The summed E-state index contributed by atoms with van der Waals surface area (Å²) in [4.78, 5) is 4.01. The van der Waals surface area contributed by atoms with E-state index in [4.69, 9.17) is 15.3 Å². The number of hydrogen-bond donors (Lipinski definition) is 2. The van der Waals surface area contributed by atoms with Gasteiger partial charge in [0.2, 0.25) is 0 Å². The molecule has 2 heterocycles. The predicted octanol–water partition coefficient (Wildman–Crippen LogP) is 1.30. The predicted molar refractivity (Wildman–Crippen MR) is 75.4 cm³/mol. The first-order valence-electron chi connectivity index (χ1n) is 6.60. The van der Waals surface area contributed by atoms with Gasteiger partial charge in [-0.1, -0.05) is 12.1 Å². The minimum absolute atomic E-state index is 0.0224. The van der Waals surface area contributed by atoms with Crippen molar-refractivity contribution in [3.8, 4) is 11.5 Å². The smallest absolute Gasteiger partial charge is 0.161 e. The lowest BCUT2D eigenvalue weighted by Crippen LogP contribution is -2.51. The van der Waals surface area contributed by atoms with Crippen LogP contribution in [0.5, 0.6) is 11.5 Å². The van der Waals surface area contributed by atoms with Gasteiger partial charge < -0.3 is 9.47 Å². The van der Waals surface area contributed by atoms with Crippen molar-refractivity contribution in [3.63, 3.8) is 0 Å². The molecule has 0 aliphatic carbocycles. The van der Waals surface area contributed by atoms with Crippen LogP contribution in [0.2, 0.25) is 0 Å². The van der Waals surface area contributed by atoms with Gasteiger partial charge in [-0.25, -0.2) is 0 Å². The largest absolute Gasteiger partial charge is 0.486 e. The molecule has 5 heteroatoms. The van der Waals surface area contributed by atoms with Crippen molar-refractivity contribution in [2.45, 2.75) is 18.6 Å². The number of hydrazine groups is 1. The van der Waals surface area contributed by atoms with Crippen molar-refractivity contribution in [1.82, 2.24) is 10.4 Å². The summed E-state index contributed by atoms with van der Waals surface area (Å²) >= 11 is 0. The fraction of sp³-hybridized carbons (Fsp3) is 0.267. The van der Waals surface area contributed by atoms with E-state index in [0.717, 1.165) is 23.5 Å². The Morgan fingerprint density at radius 1 is 1.20 bits per heavy atom. The summed E-state index contributed by atoms with van der Waals surface area (Å²) in [6, 6.07) is 11.6. The molecule has 2 unspecified atom stereocenters. The zero-order valence-electron chi connectivity index (χ0n) is 11.0. The van der Waals surface area contributed by atoms with E-state index in [1.807, 2.05) is 36.4 Å². The molecule has 1 aliphatic rings. The van der Waals surface area contributed by atoms with Crippen molar-refractivity contribution in [1.29, 1.82) is 0 Å². The highest BCUT2D eigenvalue weighted by Gasteiger charge is 2.28. The fourth-order valence-corrected chi connectivity index (χ4v) is 2.30. The molecule has 0 fully saturated rings. The number of hydrogen-bond acceptors (Lipinski definition) is 5. The maximum absolute atomic E-state index is 5.97. The molecular weight excluding hydrogens is 254 g/mol. The van der Waals surface area contributed by atoms with E-state index < -0.39 is 0 Å². The van der Waals surface area contributed by atoms with Crippen molar-refractivity contribution >= 4 is 0 Å². The standard InChI is InChI=1S/C15H17N3O2/c16-18-12(9-11-5-7-17-8-6-11)15-10-19-13-3-1-2-4-14(13)20-15/h1-8,12,15,18H,9-10,16H2. The van der Waals surface area contributed by atoms with E-state index in [9.17, 15) is 0 Å². The number of ether oxygens (including phenoxy) is 2. The summed E-state index contributed by atoms with van der Waals surface area (Å²) in [7, 11) is 0. The first-order chi connectivity index (χ1) is 9.86. The molecule has 0 spiro atoms. The van der Waals surface area contributed by atoms with E-state index in [2.05, 4.69) is 10.4 Å². The molecule has 104 valence electrons. The van der Waals surface area contributed by atoms with Gasteiger partial charge in [0.15, 0.2) is 11.5 Å².